The van der Waals surface area contributed by atoms with Crippen LogP contribution < -0.4 is 5.32 Å². The number of halogens is 1. The van der Waals surface area contributed by atoms with Crippen LogP contribution in [0.1, 0.15) is 11.1 Å². The molecule has 0 unspecified atom stereocenters. The maximum absolute atomic E-state index is 4.61. The van der Waals surface area contributed by atoms with Gasteiger partial charge in [-0.15, -0.1) is 0 Å². The average Bonchev–Trinajstić information content (AvgIpc) is 2.76. The Hall–Kier alpha value is -1.39. The first-order valence-corrected chi connectivity index (χ1v) is 7.64. The van der Waals surface area contributed by atoms with Crippen molar-refractivity contribution < 1.29 is 0 Å². The van der Waals surface area contributed by atoms with Crippen LogP contribution >= 0.6 is 27.3 Å². The zero-order valence-electron chi connectivity index (χ0n) is 10.7. The Morgan fingerprint density at radius 1 is 1.16 bits per heavy atom. The summed E-state index contributed by atoms with van der Waals surface area (Å²) in [7, 11) is 0. The zero-order chi connectivity index (χ0) is 13.4. The van der Waals surface area contributed by atoms with Crippen molar-refractivity contribution in [3.05, 3.63) is 52.0 Å². The number of anilines is 2. The summed E-state index contributed by atoms with van der Waals surface area (Å²) < 4.78 is 2.27. The molecule has 0 spiro atoms. The van der Waals surface area contributed by atoms with Gasteiger partial charge in [0.05, 0.1) is 10.2 Å². The van der Waals surface area contributed by atoms with E-state index < -0.39 is 0 Å². The molecular weight excluding hydrogens is 320 g/mol. The first kappa shape index (κ1) is 12.6. The molecule has 96 valence electrons. The van der Waals surface area contributed by atoms with Gasteiger partial charge in [0.15, 0.2) is 5.13 Å². The summed E-state index contributed by atoms with van der Waals surface area (Å²) in [6.07, 6.45) is 0. The average molecular weight is 333 g/mol. The Labute approximate surface area is 124 Å². The fourth-order valence-electron chi connectivity index (χ4n) is 1.95. The molecule has 3 rings (SSSR count). The number of nitrogens with one attached hydrogen (secondary N) is 1. The minimum absolute atomic E-state index is 0.932. The van der Waals surface area contributed by atoms with Crippen molar-refractivity contribution in [2.24, 2.45) is 0 Å². The second-order valence-electron chi connectivity index (χ2n) is 4.50. The zero-order valence-corrected chi connectivity index (χ0v) is 13.1. The Bertz CT molecular complexity index is 749. The lowest BCUT2D eigenvalue weighted by Crippen LogP contribution is -1.93. The third kappa shape index (κ3) is 2.51. The van der Waals surface area contributed by atoms with Crippen molar-refractivity contribution in [2.75, 3.05) is 5.32 Å². The molecule has 0 atom stereocenters. The molecule has 0 aliphatic heterocycles. The lowest BCUT2D eigenvalue weighted by molar-refractivity contribution is 1.32. The number of hydrogen-bond donors (Lipinski definition) is 1. The number of benzene rings is 2. The summed E-state index contributed by atoms with van der Waals surface area (Å²) in [6.45, 7) is 4.25. The Balaban J connectivity index is 1.99. The molecule has 2 nitrogen and oxygen atoms in total. The van der Waals surface area contributed by atoms with Gasteiger partial charge in [-0.1, -0.05) is 39.4 Å². The molecule has 1 heterocycles. The second kappa shape index (κ2) is 4.94. The molecule has 0 radical (unpaired) electrons. The highest BCUT2D eigenvalue weighted by atomic mass is 79.9. The van der Waals surface area contributed by atoms with E-state index in [-0.39, 0.29) is 0 Å². The van der Waals surface area contributed by atoms with Gasteiger partial charge in [-0.2, -0.15) is 0 Å². The van der Waals surface area contributed by atoms with E-state index >= 15 is 0 Å². The second-order valence-corrected chi connectivity index (χ2v) is 6.45. The topological polar surface area (TPSA) is 24.9 Å². The fourth-order valence-corrected chi connectivity index (χ4v) is 3.38. The monoisotopic (exact) mass is 332 g/mol. The van der Waals surface area contributed by atoms with Crippen molar-refractivity contribution in [3.8, 4) is 0 Å². The summed E-state index contributed by atoms with van der Waals surface area (Å²) in [6, 6.07) is 12.4. The molecule has 19 heavy (non-hydrogen) atoms. The predicted molar refractivity (Wildman–Crippen MR) is 86.5 cm³/mol. The summed E-state index contributed by atoms with van der Waals surface area (Å²) in [5.41, 5.74) is 4.70. The van der Waals surface area contributed by atoms with Crippen molar-refractivity contribution >= 4 is 48.3 Å². The molecule has 4 heteroatoms. The number of fused-ring (bicyclic) bond motifs is 1. The van der Waals surface area contributed by atoms with Crippen LogP contribution in [0.25, 0.3) is 10.2 Å². The van der Waals surface area contributed by atoms with Crippen LogP contribution in [-0.2, 0) is 0 Å². The lowest BCUT2D eigenvalue weighted by Gasteiger charge is -2.08. The van der Waals surface area contributed by atoms with Gasteiger partial charge in [0.2, 0.25) is 0 Å². The van der Waals surface area contributed by atoms with Gasteiger partial charge in [-0.25, -0.2) is 4.98 Å². The number of aryl methyl sites for hydroxylation is 1. The van der Waals surface area contributed by atoms with E-state index in [9.17, 15) is 0 Å². The van der Waals surface area contributed by atoms with E-state index in [1.165, 1.54) is 15.8 Å². The van der Waals surface area contributed by atoms with Gasteiger partial charge in [0, 0.05) is 10.2 Å². The third-order valence-electron chi connectivity index (χ3n) is 3.20. The quantitative estimate of drug-likeness (QED) is 0.677. The molecule has 2 aromatic carbocycles. The summed E-state index contributed by atoms with van der Waals surface area (Å²) >= 11 is 5.16. The van der Waals surface area contributed by atoms with Gasteiger partial charge in [-0.05, 0) is 49.2 Å². The van der Waals surface area contributed by atoms with E-state index in [0.29, 0.717) is 0 Å². The molecule has 1 N–H and O–H groups in total. The van der Waals surface area contributed by atoms with Gasteiger partial charge >= 0.3 is 0 Å². The molecule has 0 saturated carbocycles. The van der Waals surface area contributed by atoms with Crippen LogP contribution in [-0.4, -0.2) is 4.98 Å². The van der Waals surface area contributed by atoms with Gasteiger partial charge < -0.3 is 5.32 Å². The van der Waals surface area contributed by atoms with Crippen molar-refractivity contribution in [3.63, 3.8) is 0 Å². The SMILES string of the molecule is Cc1cccc(Nc2nc3ccc(Br)cc3s2)c1C. The maximum Gasteiger partial charge on any atom is 0.188 e. The number of nitrogens with zero attached hydrogens (tertiary/aromatic N) is 1. The van der Waals surface area contributed by atoms with Gasteiger partial charge in [0.25, 0.3) is 0 Å². The third-order valence-corrected chi connectivity index (χ3v) is 4.62. The van der Waals surface area contributed by atoms with Gasteiger partial charge in [0.1, 0.15) is 0 Å². The van der Waals surface area contributed by atoms with Crippen LogP contribution in [0.3, 0.4) is 0 Å². The Kier molecular flexibility index (Phi) is 3.29. The van der Waals surface area contributed by atoms with E-state index in [1.54, 1.807) is 11.3 Å². The largest absolute Gasteiger partial charge is 0.331 e. The highest BCUT2D eigenvalue weighted by Gasteiger charge is 2.06. The summed E-state index contributed by atoms with van der Waals surface area (Å²) in [4.78, 5) is 4.61. The Morgan fingerprint density at radius 2 is 2.00 bits per heavy atom. The van der Waals surface area contributed by atoms with Crippen LogP contribution in [0.15, 0.2) is 40.9 Å². The highest BCUT2D eigenvalue weighted by molar-refractivity contribution is 9.10. The number of aromatic nitrogens is 1. The van der Waals surface area contributed by atoms with Crippen LogP contribution in [0.4, 0.5) is 10.8 Å². The Morgan fingerprint density at radius 3 is 2.84 bits per heavy atom. The molecule has 0 aliphatic rings. The molecule has 0 saturated heterocycles. The van der Waals surface area contributed by atoms with E-state index in [4.69, 9.17) is 0 Å². The standard InChI is InChI=1S/C15H13BrN2S/c1-9-4-3-5-12(10(9)2)17-15-18-13-7-6-11(16)8-14(13)19-15/h3-8H,1-2H3,(H,17,18). The molecule has 1 aromatic heterocycles. The minimum atomic E-state index is 0.932. The summed E-state index contributed by atoms with van der Waals surface area (Å²) in [5.74, 6) is 0. The lowest BCUT2D eigenvalue weighted by atomic mass is 10.1. The van der Waals surface area contributed by atoms with Crippen LogP contribution in [0.5, 0.6) is 0 Å². The number of hydrogen-bond acceptors (Lipinski definition) is 3. The predicted octanol–water partition coefficient (Wildman–Crippen LogP) is 5.42. The first-order chi connectivity index (χ1) is 9.13. The van der Waals surface area contributed by atoms with E-state index in [1.807, 2.05) is 12.1 Å². The van der Waals surface area contributed by atoms with Crippen molar-refractivity contribution in [2.45, 2.75) is 13.8 Å². The molecule has 3 aromatic rings. The number of thiazole rings is 1. The van der Waals surface area contributed by atoms with E-state index in [0.717, 1.165) is 20.8 Å². The highest BCUT2D eigenvalue weighted by Crippen LogP contribution is 2.31. The van der Waals surface area contributed by atoms with Crippen LogP contribution in [0, 0.1) is 13.8 Å². The molecule has 0 aliphatic carbocycles. The molecule has 0 bridgehead atoms. The molecular formula is C15H13BrN2S. The van der Waals surface area contributed by atoms with Crippen molar-refractivity contribution in [1.82, 2.24) is 4.98 Å². The molecule has 0 amide bonds. The minimum Gasteiger partial charge on any atom is -0.331 e. The van der Waals surface area contributed by atoms with Gasteiger partial charge in [-0.3, -0.25) is 0 Å². The van der Waals surface area contributed by atoms with Crippen LogP contribution in [0.2, 0.25) is 0 Å². The fraction of sp³-hybridized carbons (Fsp3) is 0.133. The van der Waals surface area contributed by atoms with E-state index in [2.05, 4.69) is 64.3 Å². The maximum atomic E-state index is 4.61. The number of rotatable bonds is 2. The molecule has 0 fully saturated rings. The normalized spacial score (nSPS) is 10.9. The van der Waals surface area contributed by atoms with Crippen molar-refractivity contribution in [1.29, 1.82) is 0 Å². The first-order valence-electron chi connectivity index (χ1n) is 6.03. The smallest absolute Gasteiger partial charge is 0.188 e. The summed E-state index contributed by atoms with van der Waals surface area (Å²) in [5, 5.41) is 4.35.